The molecule has 1 saturated heterocycles. The van der Waals surface area contributed by atoms with Crippen LogP contribution in [0.3, 0.4) is 0 Å². The molecule has 14 heavy (non-hydrogen) atoms. The molecule has 0 radical (unpaired) electrons. The largest absolute Gasteiger partial charge is 0.344 e. The van der Waals surface area contributed by atoms with Crippen molar-refractivity contribution < 1.29 is 4.79 Å². The van der Waals surface area contributed by atoms with Gasteiger partial charge in [-0.25, -0.2) is 0 Å². The quantitative estimate of drug-likeness (QED) is 0.714. The normalized spacial score (nSPS) is 26.6. The van der Waals surface area contributed by atoms with E-state index in [1.807, 2.05) is 30.1 Å². The topological polar surface area (TPSA) is 22.0 Å². The van der Waals surface area contributed by atoms with Crippen LogP contribution in [0.4, 0.5) is 0 Å². The fraction of sp³-hybridized carbons (Fsp3) is 0.545. The van der Waals surface area contributed by atoms with Crippen molar-refractivity contribution in [1.82, 2.24) is 4.57 Å². The van der Waals surface area contributed by atoms with Crippen molar-refractivity contribution >= 4 is 18.0 Å². The van der Waals surface area contributed by atoms with Gasteiger partial charge in [-0.05, 0) is 37.7 Å². The van der Waals surface area contributed by atoms with Crippen LogP contribution in [0.2, 0.25) is 0 Å². The van der Waals surface area contributed by atoms with Crippen LogP contribution in [-0.2, 0) is 6.54 Å². The molecule has 76 valence electrons. The van der Waals surface area contributed by atoms with E-state index in [4.69, 9.17) is 0 Å². The number of aldehydes is 1. The summed E-state index contributed by atoms with van der Waals surface area (Å²) in [6.07, 6.45) is 5.49. The lowest BCUT2D eigenvalue weighted by Crippen LogP contribution is -2.24. The van der Waals surface area contributed by atoms with Gasteiger partial charge in [0.25, 0.3) is 0 Å². The summed E-state index contributed by atoms with van der Waals surface area (Å²) < 4.78 is 2.39. The first kappa shape index (κ1) is 9.84. The number of rotatable bonds is 3. The van der Waals surface area contributed by atoms with Gasteiger partial charge in [0.05, 0.1) is 5.69 Å². The highest BCUT2D eigenvalue weighted by Gasteiger charge is 2.29. The van der Waals surface area contributed by atoms with Crippen molar-refractivity contribution in [1.29, 1.82) is 0 Å². The van der Waals surface area contributed by atoms with Gasteiger partial charge in [0.15, 0.2) is 6.29 Å². The molecule has 0 aromatic carbocycles. The van der Waals surface area contributed by atoms with E-state index in [-0.39, 0.29) is 0 Å². The molecule has 1 aromatic rings. The number of carbonyl (C=O) groups excluding carboxylic acids is 1. The number of nitrogens with zero attached hydrogens (tertiary/aromatic N) is 1. The average Bonchev–Trinajstić information content (AvgIpc) is 2.75. The Hall–Kier alpha value is -0.700. The molecule has 0 bridgehead atoms. The summed E-state index contributed by atoms with van der Waals surface area (Å²) in [4.78, 5) is 10.7. The predicted molar refractivity (Wildman–Crippen MR) is 59.9 cm³/mol. The van der Waals surface area contributed by atoms with Gasteiger partial charge in [-0.2, -0.15) is 11.8 Å². The van der Waals surface area contributed by atoms with E-state index in [0.29, 0.717) is 4.75 Å². The number of hydrogen-bond donors (Lipinski definition) is 0. The molecule has 0 amide bonds. The van der Waals surface area contributed by atoms with Gasteiger partial charge in [-0.15, -0.1) is 0 Å². The Labute approximate surface area is 88.7 Å². The van der Waals surface area contributed by atoms with Crippen LogP contribution in [-0.4, -0.2) is 21.4 Å². The molecule has 1 fully saturated rings. The number of thioether (sulfide) groups is 1. The van der Waals surface area contributed by atoms with Crippen LogP contribution in [0, 0.1) is 0 Å². The van der Waals surface area contributed by atoms with Gasteiger partial charge in [-0.3, -0.25) is 4.79 Å². The Morgan fingerprint density at radius 1 is 1.71 bits per heavy atom. The van der Waals surface area contributed by atoms with Crippen molar-refractivity contribution in [2.24, 2.45) is 0 Å². The highest BCUT2D eigenvalue weighted by molar-refractivity contribution is 8.00. The van der Waals surface area contributed by atoms with Crippen LogP contribution >= 0.6 is 11.8 Å². The van der Waals surface area contributed by atoms with Crippen LogP contribution in [0.15, 0.2) is 18.3 Å². The molecule has 2 nitrogen and oxygen atoms in total. The van der Waals surface area contributed by atoms with Gasteiger partial charge >= 0.3 is 0 Å². The molecule has 1 aromatic heterocycles. The molecule has 0 N–H and O–H groups in total. The van der Waals surface area contributed by atoms with E-state index in [1.165, 1.54) is 18.6 Å². The molecular weight excluding hydrogens is 194 g/mol. The van der Waals surface area contributed by atoms with Crippen LogP contribution < -0.4 is 0 Å². The summed E-state index contributed by atoms with van der Waals surface area (Å²) >= 11 is 2.03. The fourth-order valence-corrected chi connectivity index (χ4v) is 3.30. The maximum atomic E-state index is 10.7. The standard InChI is InChI=1S/C11H15NOS/c1-11(5-3-7-14-11)9-12-6-2-4-10(12)8-13/h2,4,6,8H,3,5,7,9H2,1H3. The molecule has 1 unspecified atom stereocenters. The van der Waals surface area contributed by atoms with Gasteiger partial charge in [0.1, 0.15) is 0 Å². The Balaban J connectivity index is 2.13. The smallest absolute Gasteiger partial charge is 0.166 e. The van der Waals surface area contributed by atoms with Crippen LogP contribution in [0.1, 0.15) is 30.3 Å². The van der Waals surface area contributed by atoms with E-state index >= 15 is 0 Å². The first-order valence-corrected chi connectivity index (χ1v) is 5.96. The van der Waals surface area contributed by atoms with Crippen molar-refractivity contribution in [3.05, 3.63) is 24.0 Å². The lowest BCUT2D eigenvalue weighted by atomic mass is 10.1. The molecule has 0 aliphatic carbocycles. The van der Waals surface area contributed by atoms with Crippen molar-refractivity contribution in [2.75, 3.05) is 5.75 Å². The summed E-state index contributed by atoms with van der Waals surface area (Å²) in [6, 6.07) is 3.81. The van der Waals surface area contributed by atoms with Crippen molar-refractivity contribution in [3.63, 3.8) is 0 Å². The van der Waals surface area contributed by atoms with E-state index < -0.39 is 0 Å². The van der Waals surface area contributed by atoms with Crippen LogP contribution in [0.5, 0.6) is 0 Å². The van der Waals surface area contributed by atoms with E-state index in [2.05, 4.69) is 11.5 Å². The molecule has 1 aliphatic heterocycles. The molecule has 0 spiro atoms. The Bertz CT molecular complexity index is 326. The highest BCUT2D eigenvalue weighted by atomic mass is 32.2. The Morgan fingerprint density at radius 2 is 2.57 bits per heavy atom. The van der Waals surface area contributed by atoms with Gasteiger partial charge in [-0.1, -0.05) is 0 Å². The van der Waals surface area contributed by atoms with Crippen molar-refractivity contribution in [3.8, 4) is 0 Å². The lowest BCUT2D eigenvalue weighted by molar-refractivity contribution is 0.111. The Morgan fingerprint density at radius 3 is 3.21 bits per heavy atom. The monoisotopic (exact) mass is 209 g/mol. The molecule has 1 atom stereocenters. The third-order valence-electron chi connectivity index (χ3n) is 2.79. The molecule has 2 heterocycles. The first-order valence-electron chi connectivity index (χ1n) is 4.98. The van der Waals surface area contributed by atoms with Gasteiger partial charge < -0.3 is 4.57 Å². The fourth-order valence-electron chi connectivity index (χ4n) is 2.00. The Kier molecular flexibility index (Phi) is 2.68. The lowest BCUT2D eigenvalue weighted by Gasteiger charge is -2.23. The number of hydrogen-bond acceptors (Lipinski definition) is 2. The first-order chi connectivity index (χ1) is 6.73. The van der Waals surface area contributed by atoms with E-state index in [0.717, 1.165) is 18.5 Å². The maximum absolute atomic E-state index is 10.7. The molecular formula is C11H15NOS. The molecule has 3 heteroatoms. The van der Waals surface area contributed by atoms with E-state index in [9.17, 15) is 4.79 Å². The van der Waals surface area contributed by atoms with Gasteiger partial charge in [0.2, 0.25) is 0 Å². The second kappa shape index (κ2) is 3.81. The zero-order valence-corrected chi connectivity index (χ0v) is 9.22. The maximum Gasteiger partial charge on any atom is 0.166 e. The van der Waals surface area contributed by atoms with Gasteiger partial charge in [0, 0.05) is 17.5 Å². The summed E-state index contributed by atoms with van der Waals surface area (Å²) in [6.45, 7) is 3.25. The summed E-state index contributed by atoms with van der Waals surface area (Å²) in [5.74, 6) is 1.26. The minimum atomic E-state index is 0.330. The SMILES string of the molecule is CC1(Cn2cccc2C=O)CCCS1. The number of aromatic nitrogens is 1. The summed E-state index contributed by atoms with van der Waals surface area (Å²) in [5, 5.41) is 0. The zero-order chi connectivity index (χ0) is 10.0. The minimum absolute atomic E-state index is 0.330. The molecule has 1 aliphatic rings. The summed E-state index contributed by atoms with van der Waals surface area (Å²) in [7, 11) is 0. The van der Waals surface area contributed by atoms with Crippen LogP contribution in [0.25, 0.3) is 0 Å². The second-order valence-corrected chi connectivity index (χ2v) is 5.76. The highest BCUT2D eigenvalue weighted by Crippen LogP contribution is 2.39. The predicted octanol–water partition coefficient (Wildman–Crippen LogP) is 2.59. The molecule has 0 saturated carbocycles. The molecule has 2 rings (SSSR count). The zero-order valence-electron chi connectivity index (χ0n) is 8.40. The minimum Gasteiger partial charge on any atom is -0.344 e. The van der Waals surface area contributed by atoms with Crippen molar-refractivity contribution in [2.45, 2.75) is 31.1 Å². The second-order valence-electron chi connectivity index (χ2n) is 4.08. The summed E-state index contributed by atoms with van der Waals surface area (Å²) in [5.41, 5.74) is 0.790. The third kappa shape index (κ3) is 1.87. The average molecular weight is 209 g/mol. The third-order valence-corrected chi connectivity index (χ3v) is 4.31. The van der Waals surface area contributed by atoms with E-state index in [1.54, 1.807) is 0 Å². The number of carbonyl (C=O) groups is 1.